The van der Waals surface area contributed by atoms with E-state index in [4.69, 9.17) is 9.84 Å². The lowest BCUT2D eigenvalue weighted by Gasteiger charge is -2.14. The van der Waals surface area contributed by atoms with Crippen LogP contribution in [0.25, 0.3) is 0 Å². The fourth-order valence-electron chi connectivity index (χ4n) is 1.79. The van der Waals surface area contributed by atoms with Gasteiger partial charge in [-0.15, -0.1) is 0 Å². The van der Waals surface area contributed by atoms with Gasteiger partial charge in [-0.05, 0) is 25.9 Å². The predicted octanol–water partition coefficient (Wildman–Crippen LogP) is -0.517. The summed E-state index contributed by atoms with van der Waals surface area (Å²) in [6, 6.07) is -0.242. The minimum Gasteiger partial charge on any atom is -0.480 e. The van der Waals surface area contributed by atoms with Crippen LogP contribution in [-0.4, -0.2) is 67.9 Å². The first-order valence-electron chi connectivity index (χ1n) is 6.22. The molecule has 0 bridgehead atoms. The second-order valence-electron chi connectivity index (χ2n) is 4.18. The van der Waals surface area contributed by atoms with Crippen LogP contribution in [0.3, 0.4) is 0 Å². The van der Waals surface area contributed by atoms with Crippen LogP contribution < -0.4 is 10.6 Å². The van der Waals surface area contributed by atoms with Crippen molar-refractivity contribution in [3.05, 3.63) is 0 Å². The van der Waals surface area contributed by atoms with Gasteiger partial charge < -0.3 is 25.4 Å². The molecule has 7 heteroatoms. The highest BCUT2D eigenvalue weighted by Gasteiger charge is 2.10. The van der Waals surface area contributed by atoms with Crippen LogP contribution in [-0.2, 0) is 9.53 Å². The SMILES string of the molecule is O=C(O)COCCNC(=O)NCCN1CCCC1. The summed E-state index contributed by atoms with van der Waals surface area (Å²) in [5, 5.41) is 13.7. The maximum atomic E-state index is 11.3. The summed E-state index contributed by atoms with van der Waals surface area (Å²) in [6.45, 7) is 3.91. The van der Waals surface area contributed by atoms with Gasteiger partial charge in [-0.25, -0.2) is 9.59 Å². The van der Waals surface area contributed by atoms with Crippen molar-refractivity contribution in [2.24, 2.45) is 0 Å². The highest BCUT2D eigenvalue weighted by Crippen LogP contribution is 2.05. The topological polar surface area (TPSA) is 90.9 Å². The van der Waals surface area contributed by atoms with E-state index in [-0.39, 0.29) is 19.2 Å². The van der Waals surface area contributed by atoms with Crippen LogP contribution in [0, 0.1) is 0 Å². The Morgan fingerprint density at radius 2 is 1.83 bits per heavy atom. The average Bonchev–Trinajstić information content (AvgIpc) is 2.81. The summed E-state index contributed by atoms with van der Waals surface area (Å²) in [4.78, 5) is 23.8. The molecule has 0 aromatic carbocycles. The van der Waals surface area contributed by atoms with E-state index in [0.717, 1.165) is 19.6 Å². The smallest absolute Gasteiger partial charge is 0.329 e. The Labute approximate surface area is 106 Å². The maximum absolute atomic E-state index is 11.3. The Morgan fingerprint density at radius 3 is 2.50 bits per heavy atom. The van der Waals surface area contributed by atoms with Gasteiger partial charge in [0, 0.05) is 19.6 Å². The average molecular weight is 259 g/mol. The highest BCUT2D eigenvalue weighted by molar-refractivity contribution is 5.73. The van der Waals surface area contributed by atoms with Crippen molar-refractivity contribution in [1.29, 1.82) is 0 Å². The quantitative estimate of drug-likeness (QED) is 0.510. The molecule has 104 valence electrons. The molecule has 3 N–H and O–H groups in total. The zero-order valence-corrected chi connectivity index (χ0v) is 10.5. The number of hydrogen-bond donors (Lipinski definition) is 3. The van der Waals surface area contributed by atoms with Crippen molar-refractivity contribution in [3.8, 4) is 0 Å². The van der Waals surface area contributed by atoms with E-state index in [2.05, 4.69) is 15.5 Å². The molecule has 0 aliphatic carbocycles. The number of likely N-dealkylation sites (tertiary alicyclic amines) is 1. The zero-order valence-electron chi connectivity index (χ0n) is 10.5. The summed E-state index contributed by atoms with van der Waals surface area (Å²) in [7, 11) is 0. The van der Waals surface area contributed by atoms with Gasteiger partial charge in [-0.3, -0.25) is 0 Å². The third-order valence-corrected chi connectivity index (χ3v) is 2.67. The number of aliphatic carboxylic acids is 1. The third kappa shape index (κ3) is 7.08. The van der Waals surface area contributed by atoms with Crippen LogP contribution in [0.2, 0.25) is 0 Å². The molecule has 1 aliphatic heterocycles. The lowest BCUT2D eigenvalue weighted by molar-refractivity contribution is -0.142. The Balaban J connectivity index is 1.88. The number of carboxylic acids is 1. The van der Waals surface area contributed by atoms with Gasteiger partial charge in [0.2, 0.25) is 0 Å². The molecule has 1 aliphatic rings. The molecule has 7 nitrogen and oxygen atoms in total. The number of nitrogens with zero attached hydrogens (tertiary/aromatic N) is 1. The van der Waals surface area contributed by atoms with Crippen LogP contribution in [0.15, 0.2) is 0 Å². The Hall–Kier alpha value is -1.34. The van der Waals surface area contributed by atoms with Gasteiger partial charge in [-0.1, -0.05) is 0 Å². The van der Waals surface area contributed by atoms with Crippen molar-refractivity contribution in [2.45, 2.75) is 12.8 Å². The van der Waals surface area contributed by atoms with E-state index in [1.54, 1.807) is 0 Å². The minimum absolute atomic E-state index is 0.200. The van der Waals surface area contributed by atoms with Crippen molar-refractivity contribution < 1.29 is 19.4 Å². The molecule has 1 fully saturated rings. The molecule has 1 rings (SSSR count). The Kier molecular flexibility index (Phi) is 7.12. The lowest BCUT2D eigenvalue weighted by Crippen LogP contribution is -2.41. The van der Waals surface area contributed by atoms with E-state index < -0.39 is 5.97 Å². The number of ether oxygens (including phenoxy) is 1. The monoisotopic (exact) mass is 259 g/mol. The Morgan fingerprint density at radius 1 is 1.17 bits per heavy atom. The van der Waals surface area contributed by atoms with Gasteiger partial charge >= 0.3 is 12.0 Å². The molecule has 2 amide bonds. The highest BCUT2D eigenvalue weighted by atomic mass is 16.5. The lowest BCUT2D eigenvalue weighted by atomic mass is 10.4. The molecule has 1 heterocycles. The first-order chi connectivity index (χ1) is 8.68. The van der Waals surface area contributed by atoms with Crippen LogP contribution in [0.4, 0.5) is 4.79 Å². The summed E-state index contributed by atoms with van der Waals surface area (Å²) in [6.07, 6.45) is 2.49. The second-order valence-corrected chi connectivity index (χ2v) is 4.18. The van der Waals surface area contributed by atoms with Gasteiger partial charge in [0.25, 0.3) is 0 Å². The zero-order chi connectivity index (χ0) is 13.2. The second kappa shape index (κ2) is 8.71. The van der Waals surface area contributed by atoms with E-state index >= 15 is 0 Å². The minimum atomic E-state index is -1.01. The number of urea groups is 1. The largest absolute Gasteiger partial charge is 0.480 e. The van der Waals surface area contributed by atoms with E-state index in [0.29, 0.717) is 13.1 Å². The molecule has 1 saturated heterocycles. The molecule has 0 aromatic heterocycles. The summed E-state index contributed by atoms with van der Waals surface area (Å²) >= 11 is 0. The molecule has 0 spiro atoms. The molecular weight excluding hydrogens is 238 g/mol. The van der Waals surface area contributed by atoms with Crippen molar-refractivity contribution in [1.82, 2.24) is 15.5 Å². The van der Waals surface area contributed by atoms with Gasteiger partial charge in [0.1, 0.15) is 6.61 Å². The first-order valence-corrected chi connectivity index (χ1v) is 6.22. The molecule has 0 atom stereocenters. The normalized spacial score (nSPS) is 15.6. The molecular formula is C11H21N3O4. The van der Waals surface area contributed by atoms with Crippen molar-refractivity contribution in [3.63, 3.8) is 0 Å². The molecule has 0 radical (unpaired) electrons. The number of carbonyl (C=O) groups excluding carboxylic acids is 1. The third-order valence-electron chi connectivity index (χ3n) is 2.67. The molecule has 0 saturated carbocycles. The molecule has 18 heavy (non-hydrogen) atoms. The number of amides is 2. The summed E-state index contributed by atoms with van der Waals surface area (Å²) in [5.41, 5.74) is 0. The fourth-order valence-corrected chi connectivity index (χ4v) is 1.79. The van der Waals surface area contributed by atoms with E-state index in [9.17, 15) is 9.59 Å². The van der Waals surface area contributed by atoms with Crippen LogP contribution >= 0.6 is 0 Å². The number of rotatable bonds is 8. The number of hydrogen-bond acceptors (Lipinski definition) is 4. The molecule has 0 aromatic rings. The fraction of sp³-hybridized carbons (Fsp3) is 0.818. The van der Waals surface area contributed by atoms with Crippen molar-refractivity contribution >= 4 is 12.0 Å². The predicted molar refractivity (Wildman–Crippen MR) is 65.5 cm³/mol. The standard InChI is InChI=1S/C11H21N3O4/c15-10(16)9-18-8-4-13-11(17)12-3-7-14-5-1-2-6-14/h1-9H2,(H,15,16)(H2,12,13,17). The van der Waals surface area contributed by atoms with Crippen molar-refractivity contribution in [2.75, 3.05) is 45.9 Å². The number of carboxylic acid groups (broad SMARTS) is 1. The van der Waals surface area contributed by atoms with Crippen LogP contribution in [0.1, 0.15) is 12.8 Å². The van der Waals surface area contributed by atoms with Crippen LogP contribution in [0.5, 0.6) is 0 Å². The summed E-state index contributed by atoms with van der Waals surface area (Å²) in [5.74, 6) is -1.01. The van der Waals surface area contributed by atoms with E-state index in [1.165, 1.54) is 12.8 Å². The maximum Gasteiger partial charge on any atom is 0.329 e. The Bertz CT molecular complexity index is 267. The first kappa shape index (κ1) is 14.7. The van der Waals surface area contributed by atoms with Gasteiger partial charge in [-0.2, -0.15) is 0 Å². The number of carbonyl (C=O) groups is 2. The van der Waals surface area contributed by atoms with E-state index in [1.807, 2.05) is 0 Å². The summed E-state index contributed by atoms with van der Waals surface area (Å²) < 4.78 is 4.78. The number of nitrogens with one attached hydrogen (secondary N) is 2. The van der Waals surface area contributed by atoms with Gasteiger partial charge in [0.15, 0.2) is 0 Å². The molecule has 0 unspecified atom stereocenters. The van der Waals surface area contributed by atoms with Gasteiger partial charge in [0.05, 0.1) is 6.61 Å².